The number of benzene rings is 2. The third-order valence-corrected chi connectivity index (χ3v) is 6.32. The topological polar surface area (TPSA) is 64.0 Å². The summed E-state index contributed by atoms with van der Waals surface area (Å²) < 4.78 is 43.9. The van der Waals surface area contributed by atoms with E-state index in [4.69, 9.17) is 0 Å². The van der Waals surface area contributed by atoms with E-state index in [9.17, 15) is 12.8 Å². The van der Waals surface area contributed by atoms with Crippen molar-refractivity contribution in [2.45, 2.75) is 11.4 Å². The smallest absolute Gasteiger partial charge is 0.265 e. The van der Waals surface area contributed by atoms with Crippen molar-refractivity contribution in [2.75, 3.05) is 4.72 Å². The summed E-state index contributed by atoms with van der Waals surface area (Å²) in [6.45, 7) is 0.425. The van der Waals surface area contributed by atoms with Crippen LogP contribution >= 0.6 is 11.3 Å². The number of para-hydroxylation sites is 1. The Bertz CT molecular complexity index is 1190. The Hall–Kier alpha value is -2.97. The van der Waals surface area contributed by atoms with Crippen LogP contribution in [0.3, 0.4) is 0 Å². The average Bonchev–Trinajstić information content (AvgIpc) is 3.34. The largest absolute Gasteiger partial charge is 0.277 e. The van der Waals surface area contributed by atoms with E-state index in [1.54, 1.807) is 10.7 Å². The fraction of sp³-hybridized carbons (Fsp3) is 0.0500. The van der Waals surface area contributed by atoms with Gasteiger partial charge in [-0.2, -0.15) is 5.10 Å². The van der Waals surface area contributed by atoms with Crippen LogP contribution < -0.4 is 4.72 Å². The highest BCUT2D eigenvalue weighted by atomic mass is 32.2. The number of nitrogens with zero attached hydrogens (tertiary/aromatic N) is 2. The Labute approximate surface area is 166 Å². The SMILES string of the molecule is O=S(=O)(Nc1ccccc1F)c1cn(Cc2ccccc2)nc1-c1cccs1. The predicted octanol–water partition coefficient (Wildman–Crippen LogP) is 4.60. The number of nitrogens with one attached hydrogen (secondary N) is 1. The number of anilines is 1. The summed E-state index contributed by atoms with van der Waals surface area (Å²) in [6, 6.07) is 18.9. The molecule has 1 N–H and O–H groups in total. The number of sulfonamides is 1. The zero-order valence-electron chi connectivity index (χ0n) is 14.6. The van der Waals surface area contributed by atoms with Gasteiger partial charge in [0.2, 0.25) is 0 Å². The van der Waals surface area contributed by atoms with Gasteiger partial charge >= 0.3 is 0 Å². The van der Waals surface area contributed by atoms with Gasteiger partial charge in [-0.25, -0.2) is 12.8 Å². The second-order valence-corrected chi connectivity index (χ2v) is 8.69. The number of rotatable bonds is 6. The van der Waals surface area contributed by atoms with Crippen molar-refractivity contribution in [1.29, 1.82) is 0 Å². The number of hydrogen-bond acceptors (Lipinski definition) is 4. The lowest BCUT2D eigenvalue weighted by Gasteiger charge is -2.08. The van der Waals surface area contributed by atoms with E-state index in [1.165, 1.54) is 35.7 Å². The first-order valence-electron chi connectivity index (χ1n) is 8.45. The molecule has 0 fully saturated rings. The fourth-order valence-electron chi connectivity index (χ4n) is 2.78. The zero-order chi connectivity index (χ0) is 19.6. The Balaban J connectivity index is 1.75. The van der Waals surface area contributed by atoms with Crippen LogP contribution in [0, 0.1) is 5.82 Å². The summed E-state index contributed by atoms with van der Waals surface area (Å²) in [5.74, 6) is -0.638. The van der Waals surface area contributed by atoms with Crippen molar-refractivity contribution in [3.05, 3.63) is 89.7 Å². The summed E-state index contributed by atoms with van der Waals surface area (Å²) >= 11 is 1.39. The molecule has 0 amide bonds. The molecular formula is C20H16FN3O2S2. The number of hydrogen-bond donors (Lipinski definition) is 1. The molecule has 5 nitrogen and oxygen atoms in total. The molecule has 2 aromatic heterocycles. The Morgan fingerprint density at radius 1 is 1.00 bits per heavy atom. The molecule has 0 saturated heterocycles. The minimum absolute atomic E-state index is 0.00846. The molecule has 28 heavy (non-hydrogen) atoms. The van der Waals surface area contributed by atoms with Crippen LogP contribution in [0.1, 0.15) is 5.56 Å². The van der Waals surface area contributed by atoms with Crippen LogP contribution in [0.25, 0.3) is 10.6 Å². The zero-order valence-corrected chi connectivity index (χ0v) is 16.3. The molecule has 0 radical (unpaired) electrons. The maximum atomic E-state index is 14.0. The first kappa shape index (κ1) is 18.4. The van der Waals surface area contributed by atoms with E-state index in [1.807, 2.05) is 47.8 Å². The van der Waals surface area contributed by atoms with Crippen LogP contribution in [0.15, 0.2) is 83.2 Å². The van der Waals surface area contributed by atoms with Crippen LogP contribution in [-0.4, -0.2) is 18.2 Å². The predicted molar refractivity (Wildman–Crippen MR) is 108 cm³/mol. The van der Waals surface area contributed by atoms with E-state index in [2.05, 4.69) is 9.82 Å². The molecule has 0 aliphatic rings. The average molecular weight is 413 g/mol. The standard InChI is InChI=1S/C20H16FN3O2S2/c21-16-9-4-5-10-17(16)23-28(25,26)19-14-24(13-15-7-2-1-3-8-15)22-20(19)18-11-6-12-27-18/h1-12,14,23H,13H2. The quantitative estimate of drug-likeness (QED) is 0.502. The van der Waals surface area contributed by atoms with Crippen molar-refractivity contribution in [2.24, 2.45) is 0 Å². The number of aromatic nitrogens is 2. The highest BCUT2D eigenvalue weighted by Gasteiger charge is 2.25. The van der Waals surface area contributed by atoms with E-state index >= 15 is 0 Å². The van der Waals surface area contributed by atoms with Crippen molar-refractivity contribution in [3.8, 4) is 10.6 Å². The number of halogens is 1. The van der Waals surface area contributed by atoms with Crippen molar-refractivity contribution < 1.29 is 12.8 Å². The minimum atomic E-state index is -4.03. The second kappa shape index (κ2) is 7.57. The summed E-state index contributed by atoms with van der Waals surface area (Å²) in [5, 5.41) is 6.35. The Morgan fingerprint density at radius 3 is 2.46 bits per heavy atom. The van der Waals surface area contributed by atoms with E-state index in [0.717, 1.165) is 10.4 Å². The molecule has 142 valence electrons. The molecule has 8 heteroatoms. The summed E-state index contributed by atoms with van der Waals surface area (Å²) in [4.78, 5) is 0.731. The van der Waals surface area contributed by atoms with Gasteiger partial charge in [0.25, 0.3) is 10.0 Å². The molecule has 0 spiro atoms. The Morgan fingerprint density at radius 2 is 1.75 bits per heavy atom. The van der Waals surface area contributed by atoms with Gasteiger partial charge in [0.05, 0.1) is 17.1 Å². The molecule has 2 aromatic carbocycles. The molecular weight excluding hydrogens is 397 g/mol. The first-order chi connectivity index (χ1) is 13.5. The molecule has 4 aromatic rings. The van der Waals surface area contributed by atoms with Gasteiger partial charge in [0, 0.05) is 6.20 Å². The summed E-state index contributed by atoms with van der Waals surface area (Å²) in [7, 11) is -4.03. The molecule has 2 heterocycles. The third kappa shape index (κ3) is 3.83. The molecule has 4 rings (SSSR count). The molecule has 0 atom stereocenters. The van der Waals surface area contributed by atoms with Gasteiger partial charge in [-0.05, 0) is 29.1 Å². The van der Waals surface area contributed by atoms with Crippen LogP contribution in [0.4, 0.5) is 10.1 Å². The lowest BCUT2D eigenvalue weighted by Crippen LogP contribution is -2.14. The minimum Gasteiger partial charge on any atom is -0.277 e. The molecule has 0 saturated carbocycles. The second-order valence-electron chi connectivity index (χ2n) is 6.09. The molecule has 0 aliphatic heterocycles. The highest BCUT2D eigenvalue weighted by molar-refractivity contribution is 7.92. The van der Waals surface area contributed by atoms with Crippen molar-refractivity contribution in [3.63, 3.8) is 0 Å². The lowest BCUT2D eigenvalue weighted by atomic mass is 10.2. The molecule has 0 unspecified atom stereocenters. The third-order valence-electron chi connectivity index (χ3n) is 4.08. The fourth-order valence-corrected chi connectivity index (χ4v) is 4.80. The summed E-state index contributed by atoms with van der Waals surface area (Å²) in [6.07, 6.45) is 1.48. The number of thiophene rings is 1. The van der Waals surface area contributed by atoms with Crippen LogP contribution in [-0.2, 0) is 16.6 Å². The maximum Gasteiger partial charge on any atom is 0.265 e. The molecule has 0 bridgehead atoms. The maximum absolute atomic E-state index is 14.0. The van der Waals surface area contributed by atoms with Crippen LogP contribution in [0.5, 0.6) is 0 Å². The summed E-state index contributed by atoms with van der Waals surface area (Å²) in [5.41, 5.74) is 1.24. The Kier molecular flexibility index (Phi) is 4.97. The monoisotopic (exact) mass is 413 g/mol. The van der Waals surface area contributed by atoms with E-state index < -0.39 is 15.8 Å². The van der Waals surface area contributed by atoms with Crippen LogP contribution in [0.2, 0.25) is 0 Å². The van der Waals surface area contributed by atoms with Gasteiger partial charge < -0.3 is 0 Å². The van der Waals surface area contributed by atoms with Gasteiger partial charge in [-0.3, -0.25) is 9.40 Å². The van der Waals surface area contributed by atoms with Gasteiger partial charge in [-0.15, -0.1) is 11.3 Å². The van der Waals surface area contributed by atoms with Crippen molar-refractivity contribution >= 4 is 27.0 Å². The first-order valence-corrected chi connectivity index (χ1v) is 10.8. The normalized spacial score (nSPS) is 11.5. The van der Waals surface area contributed by atoms with Gasteiger partial charge in [0.15, 0.2) is 0 Å². The van der Waals surface area contributed by atoms with E-state index in [-0.39, 0.29) is 10.6 Å². The van der Waals surface area contributed by atoms with Gasteiger partial charge in [0.1, 0.15) is 16.4 Å². The van der Waals surface area contributed by atoms with Gasteiger partial charge in [-0.1, -0.05) is 48.5 Å². The van der Waals surface area contributed by atoms with Crippen molar-refractivity contribution in [1.82, 2.24) is 9.78 Å². The lowest BCUT2D eigenvalue weighted by molar-refractivity contribution is 0.598. The molecule has 0 aliphatic carbocycles. The van der Waals surface area contributed by atoms with E-state index in [0.29, 0.717) is 12.2 Å². The highest BCUT2D eigenvalue weighted by Crippen LogP contribution is 2.31.